The Balaban J connectivity index is 1.56. The molecule has 0 bridgehead atoms. The van der Waals surface area contributed by atoms with Gasteiger partial charge in [-0.05, 0) is 41.8 Å². The van der Waals surface area contributed by atoms with E-state index in [1.165, 1.54) is 7.11 Å². The molecule has 7 nitrogen and oxygen atoms in total. The number of benzene rings is 3. The third-order valence-electron chi connectivity index (χ3n) is 4.82. The highest BCUT2D eigenvalue weighted by molar-refractivity contribution is 6.01. The molecule has 0 radical (unpaired) electrons. The van der Waals surface area contributed by atoms with Crippen molar-refractivity contribution < 1.29 is 24.2 Å². The minimum atomic E-state index is -0.895. The van der Waals surface area contributed by atoms with Crippen molar-refractivity contribution in [2.24, 2.45) is 5.16 Å². The van der Waals surface area contributed by atoms with Crippen LogP contribution in [0.5, 0.6) is 11.5 Å². The van der Waals surface area contributed by atoms with E-state index in [2.05, 4.69) is 11.2 Å². The fraction of sp³-hybridized carbons (Fsp3) is 0.192. The smallest absolute Gasteiger partial charge is 0.303 e. The molecule has 0 unspecified atom stereocenters. The van der Waals surface area contributed by atoms with Gasteiger partial charge in [0.05, 0.1) is 11.6 Å². The van der Waals surface area contributed by atoms with Gasteiger partial charge in [0.15, 0.2) is 0 Å². The summed E-state index contributed by atoms with van der Waals surface area (Å²) in [5, 5.41) is 22.2. The number of hydrogen-bond donors (Lipinski definition) is 1. The van der Waals surface area contributed by atoms with Gasteiger partial charge in [-0.1, -0.05) is 53.7 Å². The molecular weight excluding hydrogens is 420 g/mol. The van der Waals surface area contributed by atoms with E-state index < -0.39 is 5.97 Å². The zero-order chi connectivity index (χ0) is 23.5. The molecule has 3 aromatic carbocycles. The predicted octanol–water partition coefficient (Wildman–Crippen LogP) is 4.58. The van der Waals surface area contributed by atoms with Crippen molar-refractivity contribution in [3.8, 4) is 17.6 Å². The van der Waals surface area contributed by atoms with Crippen molar-refractivity contribution in [1.29, 1.82) is 5.26 Å². The van der Waals surface area contributed by atoms with Gasteiger partial charge in [-0.2, -0.15) is 5.26 Å². The molecule has 33 heavy (non-hydrogen) atoms. The molecule has 0 atom stereocenters. The lowest BCUT2D eigenvalue weighted by Crippen LogP contribution is -2.13. The van der Waals surface area contributed by atoms with Crippen molar-refractivity contribution >= 4 is 11.7 Å². The van der Waals surface area contributed by atoms with E-state index in [-0.39, 0.29) is 13.0 Å². The molecule has 3 rings (SSSR count). The number of nitriles is 1. The zero-order valence-corrected chi connectivity index (χ0v) is 18.2. The van der Waals surface area contributed by atoms with Gasteiger partial charge in [0.1, 0.15) is 37.5 Å². The summed E-state index contributed by atoms with van der Waals surface area (Å²) in [6.07, 6.45) is 0.286. The Morgan fingerprint density at radius 2 is 1.73 bits per heavy atom. The number of rotatable bonds is 11. The average molecular weight is 444 g/mol. The fourth-order valence-corrected chi connectivity index (χ4v) is 3.11. The number of carboxylic acid groups (broad SMARTS) is 1. The van der Waals surface area contributed by atoms with Gasteiger partial charge in [-0.15, -0.1) is 0 Å². The quantitative estimate of drug-likeness (QED) is 0.343. The lowest BCUT2D eigenvalue weighted by molar-refractivity contribution is -0.136. The number of nitrogens with zero attached hydrogens (tertiary/aromatic N) is 2. The van der Waals surface area contributed by atoms with Crippen LogP contribution in [-0.2, 0) is 22.7 Å². The maximum absolute atomic E-state index is 10.8. The third kappa shape index (κ3) is 7.11. The Kier molecular flexibility index (Phi) is 8.43. The van der Waals surface area contributed by atoms with Crippen molar-refractivity contribution in [2.75, 3.05) is 13.7 Å². The lowest BCUT2D eigenvalue weighted by Gasteiger charge is -2.11. The van der Waals surface area contributed by atoms with E-state index in [1.807, 2.05) is 54.6 Å². The predicted molar refractivity (Wildman–Crippen MR) is 123 cm³/mol. The highest BCUT2D eigenvalue weighted by atomic mass is 16.6. The average Bonchev–Trinajstić information content (AvgIpc) is 2.85. The molecule has 3 aromatic rings. The van der Waals surface area contributed by atoms with Gasteiger partial charge in [0.2, 0.25) is 0 Å². The van der Waals surface area contributed by atoms with Crippen molar-refractivity contribution in [2.45, 2.75) is 19.4 Å². The largest absolute Gasteiger partial charge is 0.489 e. The van der Waals surface area contributed by atoms with Crippen LogP contribution < -0.4 is 9.47 Å². The van der Waals surface area contributed by atoms with Crippen molar-refractivity contribution in [3.05, 3.63) is 95.1 Å². The topological polar surface area (TPSA) is 101 Å². The number of aryl methyl sites for hydroxylation is 1. The van der Waals surface area contributed by atoms with E-state index in [0.29, 0.717) is 41.4 Å². The monoisotopic (exact) mass is 444 g/mol. The van der Waals surface area contributed by atoms with Crippen LogP contribution in [0.4, 0.5) is 0 Å². The molecule has 0 aliphatic rings. The Bertz CT molecular complexity index is 1140. The van der Waals surface area contributed by atoms with Crippen molar-refractivity contribution in [3.63, 3.8) is 0 Å². The summed E-state index contributed by atoms with van der Waals surface area (Å²) in [6.45, 7) is 0.582. The van der Waals surface area contributed by atoms with Gasteiger partial charge in [0.25, 0.3) is 0 Å². The second kappa shape index (κ2) is 11.9. The molecule has 0 spiro atoms. The first-order valence-corrected chi connectivity index (χ1v) is 10.3. The fourth-order valence-electron chi connectivity index (χ4n) is 3.11. The number of carbonyl (C=O) groups is 1. The molecule has 0 aliphatic carbocycles. The van der Waals surface area contributed by atoms with E-state index in [9.17, 15) is 10.1 Å². The molecule has 0 saturated carbocycles. The molecule has 0 amide bonds. The highest BCUT2D eigenvalue weighted by Crippen LogP contribution is 2.21. The van der Waals surface area contributed by atoms with Crippen molar-refractivity contribution in [1.82, 2.24) is 0 Å². The van der Waals surface area contributed by atoms with Crippen LogP contribution in [0.15, 0.2) is 78.0 Å². The Morgan fingerprint density at radius 3 is 2.39 bits per heavy atom. The lowest BCUT2D eigenvalue weighted by atomic mass is 10.0. The van der Waals surface area contributed by atoms with Crippen LogP contribution in [-0.4, -0.2) is 30.5 Å². The minimum Gasteiger partial charge on any atom is -0.489 e. The number of ether oxygens (including phenoxy) is 2. The third-order valence-corrected chi connectivity index (χ3v) is 4.82. The molecule has 1 N–H and O–H groups in total. The zero-order valence-electron chi connectivity index (χ0n) is 18.2. The second-order valence-corrected chi connectivity index (χ2v) is 7.13. The molecule has 0 aromatic heterocycles. The van der Waals surface area contributed by atoms with Gasteiger partial charge in [0, 0.05) is 12.0 Å². The standard InChI is InChI=1S/C26H24N2O5/c1-31-28-25(21-5-3-2-4-6-21)18-33-23-11-7-19(8-12-23)17-32-24-13-9-20(10-14-26(29)30)22(15-24)16-27/h2-9,11-13,15H,10,14,17-18H2,1H3,(H,29,30)/b28-25+. The van der Waals surface area contributed by atoms with Crippen LogP contribution in [0, 0.1) is 11.3 Å². The van der Waals surface area contributed by atoms with Crippen LogP contribution >= 0.6 is 0 Å². The summed E-state index contributed by atoms with van der Waals surface area (Å²) < 4.78 is 11.6. The Morgan fingerprint density at radius 1 is 1.00 bits per heavy atom. The maximum Gasteiger partial charge on any atom is 0.303 e. The van der Waals surface area contributed by atoms with E-state index in [1.54, 1.807) is 18.2 Å². The summed E-state index contributed by atoms with van der Waals surface area (Å²) in [5.41, 5.74) is 3.66. The van der Waals surface area contributed by atoms with Crippen LogP contribution in [0.3, 0.4) is 0 Å². The number of hydrogen-bond acceptors (Lipinski definition) is 6. The summed E-state index contributed by atoms with van der Waals surface area (Å²) in [5.74, 6) is 0.344. The highest BCUT2D eigenvalue weighted by Gasteiger charge is 2.08. The Hall–Kier alpha value is -4.31. The van der Waals surface area contributed by atoms with E-state index in [0.717, 1.165) is 11.1 Å². The van der Waals surface area contributed by atoms with Gasteiger partial charge < -0.3 is 19.4 Å². The molecule has 0 aliphatic heterocycles. The molecule has 7 heteroatoms. The minimum absolute atomic E-state index is 0.0204. The van der Waals surface area contributed by atoms with Gasteiger partial charge in [-0.3, -0.25) is 4.79 Å². The SMILES string of the molecule is CO/N=C(\COc1ccc(COc2ccc(CCC(=O)O)c(C#N)c2)cc1)c1ccccc1. The molecule has 168 valence electrons. The summed E-state index contributed by atoms with van der Waals surface area (Å²) in [6, 6.07) is 24.4. The first-order valence-electron chi connectivity index (χ1n) is 10.3. The number of aliphatic carboxylic acids is 1. The van der Waals surface area contributed by atoms with Crippen LogP contribution in [0.1, 0.15) is 28.7 Å². The molecular formula is C26H24N2O5. The van der Waals surface area contributed by atoms with Gasteiger partial charge >= 0.3 is 5.97 Å². The first-order chi connectivity index (χ1) is 16.1. The molecule has 0 heterocycles. The normalized spacial score (nSPS) is 10.8. The van der Waals surface area contributed by atoms with E-state index >= 15 is 0 Å². The van der Waals surface area contributed by atoms with Gasteiger partial charge in [-0.25, -0.2) is 0 Å². The molecule has 0 fully saturated rings. The number of carboxylic acids is 1. The summed E-state index contributed by atoms with van der Waals surface area (Å²) in [7, 11) is 1.50. The van der Waals surface area contributed by atoms with Crippen LogP contribution in [0.2, 0.25) is 0 Å². The number of oxime groups is 1. The summed E-state index contributed by atoms with van der Waals surface area (Å²) in [4.78, 5) is 15.7. The van der Waals surface area contributed by atoms with Crippen LogP contribution in [0.25, 0.3) is 0 Å². The molecule has 0 saturated heterocycles. The first kappa shape index (κ1) is 23.4. The van der Waals surface area contributed by atoms with E-state index in [4.69, 9.17) is 19.4 Å². The second-order valence-electron chi connectivity index (χ2n) is 7.13. The summed E-state index contributed by atoms with van der Waals surface area (Å²) >= 11 is 0. The Labute approximate surface area is 192 Å². The maximum atomic E-state index is 10.8.